The zero-order valence-corrected chi connectivity index (χ0v) is 11.3. The van der Waals surface area contributed by atoms with E-state index in [1.165, 1.54) is 12.3 Å². The van der Waals surface area contributed by atoms with Gasteiger partial charge in [0.1, 0.15) is 0 Å². The summed E-state index contributed by atoms with van der Waals surface area (Å²) in [5, 5.41) is 2.85. The highest BCUT2D eigenvalue weighted by atomic mass is 19.1. The number of pyridine rings is 1. The van der Waals surface area contributed by atoms with Crippen LogP contribution in [-0.4, -0.2) is 67.0 Å². The molecule has 1 N–H and O–H groups in total. The van der Waals surface area contributed by atoms with Crippen LogP contribution in [-0.2, 0) is 0 Å². The summed E-state index contributed by atoms with van der Waals surface area (Å²) in [6.07, 6.45) is 1.30. The Kier molecular flexibility index (Phi) is 4.44. The molecule has 1 fully saturated rings. The minimum absolute atomic E-state index is 0.261. The second kappa shape index (κ2) is 6.08. The van der Waals surface area contributed by atoms with Crippen molar-refractivity contribution in [2.24, 2.45) is 0 Å². The van der Waals surface area contributed by atoms with E-state index in [1.807, 2.05) is 0 Å². The smallest absolute Gasteiger partial charge is 0.251 e. The molecule has 19 heavy (non-hydrogen) atoms. The number of amides is 1. The summed E-state index contributed by atoms with van der Waals surface area (Å²) < 4.78 is 12.9. The van der Waals surface area contributed by atoms with Crippen molar-refractivity contribution in [1.82, 2.24) is 20.1 Å². The minimum atomic E-state index is -0.637. The first-order chi connectivity index (χ1) is 9.06. The number of likely N-dealkylation sites (N-methyl/N-ethyl adjacent to an activating group) is 2. The van der Waals surface area contributed by atoms with Crippen LogP contribution in [0.4, 0.5) is 4.39 Å². The van der Waals surface area contributed by atoms with Crippen LogP contribution in [0.1, 0.15) is 10.4 Å². The summed E-state index contributed by atoms with van der Waals surface area (Å²) in [5.41, 5.74) is 0.305. The van der Waals surface area contributed by atoms with E-state index in [1.54, 1.807) is 0 Å². The molecule has 1 saturated heterocycles. The number of nitrogens with zero attached hydrogens (tertiary/aromatic N) is 3. The van der Waals surface area contributed by atoms with Gasteiger partial charge in [0, 0.05) is 50.0 Å². The van der Waals surface area contributed by atoms with E-state index in [-0.39, 0.29) is 11.9 Å². The van der Waals surface area contributed by atoms with E-state index in [0.717, 1.165) is 25.7 Å². The molecule has 2 rings (SSSR count). The second-order valence-electron chi connectivity index (χ2n) is 4.97. The number of carbonyl (C=O) groups excluding carboxylic acids is 1. The summed E-state index contributed by atoms with van der Waals surface area (Å²) in [4.78, 5) is 19.8. The molecular formula is C13H19FN4O. The fourth-order valence-electron chi connectivity index (χ4n) is 2.18. The normalized spacial score (nSPS) is 21.3. The van der Waals surface area contributed by atoms with E-state index in [0.29, 0.717) is 12.1 Å². The van der Waals surface area contributed by atoms with Crippen LogP contribution < -0.4 is 5.32 Å². The summed E-state index contributed by atoms with van der Waals surface area (Å²) in [5.74, 6) is -0.898. The van der Waals surface area contributed by atoms with Crippen LogP contribution in [0.3, 0.4) is 0 Å². The lowest BCUT2D eigenvalue weighted by Gasteiger charge is -2.37. The molecule has 0 aliphatic carbocycles. The molecule has 6 heteroatoms. The zero-order valence-electron chi connectivity index (χ0n) is 11.3. The van der Waals surface area contributed by atoms with E-state index in [4.69, 9.17) is 0 Å². The van der Waals surface area contributed by atoms with Gasteiger partial charge in [0.15, 0.2) is 0 Å². The molecule has 1 atom stereocenters. The Morgan fingerprint density at radius 2 is 2.32 bits per heavy atom. The quantitative estimate of drug-likeness (QED) is 0.794. The van der Waals surface area contributed by atoms with E-state index >= 15 is 0 Å². The number of piperazine rings is 1. The van der Waals surface area contributed by atoms with Crippen molar-refractivity contribution >= 4 is 5.91 Å². The molecule has 5 nitrogen and oxygen atoms in total. The van der Waals surface area contributed by atoms with Gasteiger partial charge in [-0.3, -0.25) is 9.69 Å². The molecule has 2 heterocycles. The van der Waals surface area contributed by atoms with E-state index in [2.05, 4.69) is 34.2 Å². The van der Waals surface area contributed by atoms with Gasteiger partial charge in [0.25, 0.3) is 5.91 Å². The van der Waals surface area contributed by atoms with E-state index in [9.17, 15) is 9.18 Å². The number of rotatable bonds is 3. The molecular weight excluding hydrogens is 247 g/mol. The third-order valence-electron chi connectivity index (χ3n) is 3.47. The summed E-state index contributed by atoms with van der Waals surface area (Å²) in [7, 11) is 4.12. The molecule has 1 unspecified atom stereocenters. The van der Waals surface area contributed by atoms with Crippen molar-refractivity contribution in [2.45, 2.75) is 6.04 Å². The summed E-state index contributed by atoms with van der Waals surface area (Å²) in [6.45, 7) is 3.50. The van der Waals surface area contributed by atoms with Gasteiger partial charge in [-0.2, -0.15) is 4.39 Å². The molecule has 0 aromatic carbocycles. The monoisotopic (exact) mass is 266 g/mol. The Morgan fingerprint density at radius 1 is 1.53 bits per heavy atom. The molecule has 0 spiro atoms. The zero-order chi connectivity index (χ0) is 13.8. The highest BCUT2D eigenvalue weighted by Crippen LogP contribution is 2.05. The molecule has 1 aliphatic heterocycles. The van der Waals surface area contributed by atoms with Crippen molar-refractivity contribution in [3.63, 3.8) is 0 Å². The maximum absolute atomic E-state index is 12.9. The van der Waals surface area contributed by atoms with Crippen molar-refractivity contribution in [3.8, 4) is 0 Å². The van der Waals surface area contributed by atoms with E-state index < -0.39 is 5.95 Å². The Labute approximate surface area is 112 Å². The van der Waals surface area contributed by atoms with Crippen molar-refractivity contribution < 1.29 is 9.18 Å². The average Bonchev–Trinajstić information content (AvgIpc) is 2.39. The first kappa shape index (κ1) is 13.9. The van der Waals surface area contributed by atoms with Gasteiger partial charge < -0.3 is 10.2 Å². The fourth-order valence-corrected chi connectivity index (χ4v) is 2.18. The Morgan fingerprint density at radius 3 is 3.05 bits per heavy atom. The van der Waals surface area contributed by atoms with Gasteiger partial charge in [-0.15, -0.1) is 0 Å². The van der Waals surface area contributed by atoms with Crippen LogP contribution >= 0.6 is 0 Å². The number of carbonyl (C=O) groups is 1. The Balaban J connectivity index is 1.89. The highest BCUT2D eigenvalue weighted by molar-refractivity contribution is 5.94. The van der Waals surface area contributed by atoms with Crippen molar-refractivity contribution in [3.05, 3.63) is 29.8 Å². The van der Waals surface area contributed by atoms with Gasteiger partial charge in [-0.25, -0.2) is 4.98 Å². The first-order valence-electron chi connectivity index (χ1n) is 6.35. The van der Waals surface area contributed by atoms with Gasteiger partial charge in [0.05, 0.1) is 0 Å². The molecule has 1 aromatic heterocycles. The Hall–Kier alpha value is -1.53. The third kappa shape index (κ3) is 3.71. The lowest BCUT2D eigenvalue weighted by Crippen LogP contribution is -2.54. The highest BCUT2D eigenvalue weighted by Gasteiger charge is 2.22. The van der Waals surface area contributed by atoms with Gasteiger partial charge in [0.2, 0.25) is 5.95 Å². The maximum atomic E-state index is 12.9. The van der Waals surface area contributed by atoms with Gasteiger partial charge >= 0.3 is 0 Å². The van der Waals surface area contributed by atoms with Gasteiger partial charge in [-0.1, -0.05) is 0 Å². The molecule has 0 saturated carbocycles. The number of halogens is 1. The largest absolute Gasteiger partial charge is 0.350 e. The summed E-state index contributed by atoms with van der Waals surface area (Å²) in [6, 6.07) is 2.94. The third-order valence-corrected chi connectivity index (χ3v) is 3.47. The Bertz CT molecular complexity index is 454. The summed E-state index contributed by atoms with van der Waals surface area (Å²) >= 11 is 0. The maximum Gasteiger partial charge on any atom is 0.251 e. The molecule has 1 aromatic rings. The predicted molar refractivity (Wildman–Crippen MR) is 70.4 cm³/mol. The van der Waals surface area contributed by atoms with Crippen molar-refractivity contribution in [1.29, 1.82) is 0 Å². The number of hydrogen-bond donors (Lipinski definition) is 1. The standard InChI is InChI=1S/C13H19FN4O/c1-17-5-6-18(2)11(9-17)8-16-13(19)10-3-4-15-12(14)7-10/h3-4,7,11H,5-6,8-9H2,1-2H3,(H,16,19). The molecule has 1 amide bonds. The number of aromatic nitrogens is 1. The SMILES string of the molecule is CN1CCN(C)C(CNC(=O)c2ccnc(F)c2)C1. The van der Waals surface area contributed by atoms with Crippen molar-refractivity contribution in [2.75, 3.05) is 40.3 Å². The van der Waals surface area contributed by atoms with Crippen LogP contribution in [0.2, 0.25) is 0 Å². The van der Waals surface area contributed by atoms with Crippen LogP contribution in [0.15, 0.2) is 18.3 Å². The average molecular weight is 266 g/mol. The predicted octanol–water partition coefficient (Wildman–Crippen LogP) is 0.196. The lowest BCUT2D eigenvalue weighted by atomic mass is 10.1. The molecule has 0 radical (unpaired) electrons. The number of nitrogens with one attached hydrogen (secondary N) is 1. The van der Waals surface area contributed by atoms with Crippen LogP contribution in [0, 0.1) is 5.95 Å². The second-order valence-corrected chi connectivity index (χ2v) is 4.97. The van der Waals surface area contributed by atoms with Crippen LogP contribution in [0.25, 0.3) is 0 Å². The van der Waals surface area contributed by atoms with Crippen LogP contribution in [0.5, 0.6) is 0 Å². The number of hydrogen-bond acceptors (Lipinski definition) is 4. The van der Waals surface area contributed by atoms with Gasteiger partial charge in [-0.05, 0) is 20.2 Å². The fraction of sp³-hybridized carbons (Fsp3) is 0.538. The molecule has 104 valence electrons. The molecule has 1 aliphatic rings. The topological polar surface area (TPSA) is 48.5 Å². The lowest BCUT2D eigenvalue weighted by molar-refractivity contribution is 0.0880. The first-order valence-corrected chi connectivity index (χ1v) is 6.35. The minimum Gasteiger partial charge on any atom is -0.350 e. The molecule has 0 bridgehead atoms.